The summed E-state index contributed by atoms with van der Waals surface area (Å²) in [5.41, 5.74) is 1.85. The van der Waals surface area contributed by atoms with Crippen molar-refractivity contribution < 1.29 is 24.2 Å². The van der Waals surface area contributed by atoms with Crippen LogP contribution in [0, 0.1) is 6.92 Å². The maximum atomic E-state index is 13.3. The summed E-state index contributed by atoms with van der Waals surface area (Å²) in [4.78, 5) is 28.8. The third-order valence-electron chi connectivity index (χ3n) is 5.66. The quantitative estimate of drug-likeness (QED) is 0.290. The van der Waals surface area contributed by atoms with Crippen LogP contribution in [0.5, 0.6) is 11.5 Å². The number of aliphatic hydroxyl groups is 1. The van der Waals surface area contributed by atoms with E-state index in [1.54, 1.807) is 0 Å². The Morgan fingerprint density at radius 3 is 2.45 bits per heavy atom. The van der Waals surface area contributed by atoms with Gasteiger partial charge in [0.2, 0.25) is 0 Å². The van der Waals surface area contributed by atoms with Gasteiger partial charge in [-0.2, -0.15) is 0 Å². The highest BCUT2D eigenvalue weighted by Gasteiger charge is 2.46. The first kappa shape index (κ1) is 22.9. The van der Waals surface area contributed by atoms with Gasteiger partial charge in [0.1, 0.15) is 17.3 Å². The van der Waals surface area contributed by atoms with Crippen LogP contribution in [0.4, 0.5) is 0 Å². The molecule has 170 valence electrons. The van der Waals surface area contributed by atoms with Crippen LogP contribution in [-0.4, -0.2) is 35.9 Å². The second-order valence-corrected chi connectivity index (χ2v) is 8.99. The number of aliphatic hydroxyl groups excluding tert-OH is 1. The number of hydrogen-bond donors (Lipinski definition) is 1. The molecule has 0 saturated carbocycles. The number of nitrogens with zero attached hydrogens (tertiary/aromatic N) is 1. The average molecular weight is 484 g/mol. The Kier molecular flexibility index (Phi) is 6.44. The number of carbonyl (C=O) groups is 2. The van der Waals surface area contributed by atoms with Gasteiger partial charge in [0, 0.05) is 10.9 Å². The van der Waals surface area contributed by atoms with Crippen molar-refractivity contribution in [2.24, 2.45) is 0 Å². The van der Waals surface area contributed by atoms with Gasteiger partial charge in [0.25, 0.3) is 11.7 Å². The number of thiophene rings is 1. The summed E-state index contributed by atoms with van der Waals surface area (Å²) in [6, 6.07) is 13.5. The number of likely N-dealkylation sites (tertiary alicyclic amines) is 1. The minimum atomic E-state index is -0.765. The van der Waals surface area contributed by atoms with E-state index in [0.717, 1.165) is 16.0 Å². The van der Waals surface area contributed by atoms with Crippen LogP contribution in [-0.2, 0) is 16.1 Å². The fourth-order valence-electron chi connectivity index (χ4n) is 4.02. The molecule has 0 aliphatic carbocycles. The van der Waals surface area contributed by atoms with Gasteiger partial charge in [-0.05, 0) is 35.6 Å². The molecule has 1 atom stereocenters. The standard InChI is InChI=1S/C25H22ClNO5S/c1-14-7-4-5-9-16(14)22-21(24(29)25(30)27(22)13-15-8-6-10-33-15)23(28)17-11-18(26)20(32-3)12-19(17)31-2/h4-12,22,28H,13H2,1-3H3/b23-21+. The minimum absolute atomic E-state index is 0.00890. The Balaban J connectivity index is 1.94. The molecule has 0 bridgehead atoms. The van der Waals surface area contributed by atoms with E-state index >= 15 is 0 Å². The molecule has 1 saturated heterocycles. The topological polar surface area (TPSA) is 76.1 Å². The van der Waals surface area contributed by atoms with E-state index in [2.05, 4.69) is 0 Å². The zero-order chi connectivity index (χ0) is 23.7. The maximum absolute atomic E-state index is 13.3. The van der Waals surface area contributed by atoms with Gasteiger partial charge in [-0.1, -0.05) is 41.9 Å². The molecule has 1 unspecified atom stereocenters. The van der Waals surface area contributed by atoms with Crippen molar-refractivity contribution >= 4 is 40.4 Å². The van der Waals surface area contributed by atoms with E-state index in [4.69, 9.17) is 21.1 Å². The second-order valence-electron chi connectivity index (χ2n) is 7.55. The monoisotopic (exact) mass is 483 g/mol. The zero-order valence-corrected chi connectivity index (χ0v) is 19.9. The van der Waals surface area contributed by atoms with Crippen LogP contribution in [0.25, 0.3) is 5.76 Å². The summed E-state index contributed by atoms with van der Waals surface area (Å²) in [5, 5.41) is 13.5. The van der Waals surface area contributed by atoms with Gasteiger partial charge in [-0.15, -0.1) is 11.3 Å². The predicted octanol–water partition coefficient (Wildman–Crippen LogP) is 5.35. The molecule has 1 aliphatic rings. The van der Waals surface area contributed by atoms with Crippen molar-refractivity contribution in [2.75, 3.05) is 14.2 Å². The third-order valence-corrected chi connectivity index (χ3v) is 6.81. The number of benzene rings is 2. The fourth-order valence-corrected chi connectivity index (χ4v) is 4.96. The number of Topliss-reactive ketones (excluding diaryl/α,β-unsaturated/α-hetero) is 1. The Morgan fingerprint density at radius 1 is 1.09 bits per heavy atom. The van der Waals surface area contributed by atoms with Crippen LogP contribution in [0.15, 0.2) is 59.5 Å². The van der Waals surface area contributed by atoms with E-state index in [9.17, 15) is 14.7 Å². The lowest BCUT2D eigenvalue weighted by Crippen LogP contribution is -2.29. The molecular formula is C25H22ClNO5S. The normalized spacial score (nSPS) is 17.5. The number of rotatable bonds is 6. The van der Waals surface area contributed by atoms with Gasteiger partial charge in [0.05, 0.1) is 43.0 Å². The van der Waals surface area contributed by atoms with E-state index in [-0.39, 0.29) is 34.2 Å². The zero-order valence-electron chi connectivity index (χ0n) is 18.3. The van der Waals surface area contributed by atoms with Crippen molar-refractivity contribution in [2.45, 2.75) is 19.5 Å². The molecule has 0 spiro atoms. The molecule has 33 heavy (non-hydrogen) atoms. The minimum Gasteiger partial charge on any atom is -0.507 e. The van der Waals surface area contributed by atoms with Crippen LogP contribution in [0.1, 0.15) is 27.6 Å². The van der Waals surface area contributed by atoms with E-state index in [1.807, 2.05) is 48.7 Å². The first-order valence-corrected chi connectivity index (χ1v) is 11.4. The molecule has 1 amide bonds. The Morgan fingerprint density at radius 2 is 1.82 bits per heavy atom. The molecule has 2 heterocycles. The van der Waals surface area contributed by atoms with Crippen molar-refractivity contribution in [3.05, 3.63) is 86.1 Å². The summed E-state index contributed by atoms with van der Waals surface area (Å²) >= 11 is 7.80. The average Bonchev–Trinajstić information content (AvgIpc) is 3.41. The summed E-state index contributed by atoms with van der Waals surface area (Å²) < 4.78 is 10.7. The highest BCUT2D eigenvalue weighted by atomic mass is 35.5. The highest BCUT2D eigenvalue weighted by molar-refractivity contribution is 7.09. The maximum Gasteiger partial charge on any atom is 0.295 e. The smallest absolute Gasteiger partial charge is 0.295 e. The van der Waals surface area contributed by atoms with Crippen LogP contribution in [0.2, 0.25) is 5.02 Å². The van der Waals surface area contributed by atoms with Gasteiger partial charge in [0.15, 0.2) is 0 Å². The number of ether oxygens (including phenoxy) is 2. The molecular weight excluding hydrogens is 462 g/mol. The van der Waals surface area contributed by atoms with Crippen molar-refractivity contribution in [3.63, 3.8) is 0 Å². The van der Waals surface area contributed by atoms with E-state index in [0.29, 0.717) is 5.75 Å². The lowest BCUT2D eigenvalue weighted by molar-refractivity contribution is -0.140. The predicted molar refractivity (Wildman–Crippen MR) is 128 cm³/mol. The number of ketones is 1. The summed E-state index contributed by atoms with van der Waals surface area (Å²) in [6.45, 7) is 2.16. The summed E-state index contributed by atoms with van der Waals surface area (Å²) in [6.07, 6.45) is 0. The lowest BCUT2D eigenvalue weighted by Gasteiger charge is -2.26. The van der Waals surface area contributed by atoms with Crippen LogP contribution < -0.4 is 9.47 Å². The lowest BCUT2D eigenvalue weighted by atomic mass is 9.92. The SMILES string of the molecule is COc1cc(OC)c(/C(O)=C2\C(=O)C(=O)N(Cc3cccs3)C2c2ccccc2C)cc1Cl. The number of hydrogen-bond acceptors (Lipinski definition) is 6. The largest absolute Gasteiger partial charge is 0.507 e. The molecule has 1 N–H and O–H groups in total. The van der Waals surface area contributed by atoms with Gasteiger partial charge in [-0.25, -0.2) is 0 Å². The molecule has 2 aromatic carbocycles. The molecule has 1 aromatic heterocycles. The molecule has 3 aromatic rings. The number of carbonyl (C=O) groups excluding carboxylic acids is 2. The molecule has 8 heteroatoms. The second kappa shape index (κ2) is 9.29. The third kappa shape index (κ3) is 4.10. The highest BCUT2D eigenvalue weighted by Crippen LogP contribution is 2.44. The summed E-state index contributed by atoms with van der Waals surface area (Å²) in [5.74, 6) is -1.15. The number of aryl methyl sites for hydroxylation is 1. The fraction of sp³-hybridized carbons (Fsp3) is 0.200. The van der Waals surface area contributed by atoms with E-state index in [1.165, 1.54) is 42.6 Å². The molecule has 6 nitrogen and oxygen atoms in total. The van der Waals surface area contributed by atoms with Gasteiger partial charge < -0.3 is 19.5 Å². The van der Waals surface area contributed by atoms with Crippen molar-refractivity contribution in [1.82, 2.24) is 4.90 Å². The van der Waals surface area contributed by atoms with Gasteiger partial charge in [-0.3, -0.25) is 9.59 Å². The Hall–Kier alpha value is -3.29. The Bertz CT molecular complexity index is 1250. The number of methoxy groups -OCH3 is 2. The summed E-state index contributed by atoms with van der Waals surface area (Å²) in [7, 11) is 2.90. The van der Waals surface area contributed by atoms with Gasteiger partial charge >= 0.3 is 0 Å². The molecule has 4 rings (SSSR count). The van der Waals surface area contributed by atoms with Crippen molar-refractivity contribution in [3.8, 4) is 11.5 Å². The molecule has 0 radical (unpaired) electrons. The van der Waals surface area contributed by atoms with E-state index < -0.39 is 17.7 Å². The Labute approximate surface area is 200 Å². The van der Waals surface area contributed by atoms with Crippen molar-refractivity contribution in [1.29, 1.82) is 0 Å². The molecule has 1 fully saturated rings. The number of amides is 1. The van der Waals surface area contributed by atoms with Crippen LogP contribution >= 0.6 is 22.9 Å². The molecule has 1 aliphatic heterocycles. The first-order valence-electron chi connectivity index (χ1n) is 10.2. The first-order chi connectivity index (χ1) is 15.9. The number of halogens is 1. The van der Waals surface area contributed by atoms with Crippen LogP contribution in [0.3, 0.4) is 0 Å².